The number of piperidine rings is 1. The number of hydrogen-bond donors (Lipinski definition) is 1. The summed E-state index contributed by atoms with van der Waals surface area (Å²) in [5.74, 6) is 0.220. The third-order valence-corrected chi connectivity index (χ3v) is 8.53. The molecule has 0 radical (unpaired) electrons. The van der Waals surface area contributed by atoms with E-state index in [-0.39, 0.29) is 18.3 Å². The number of carboxylic acid groups (broad SMARTS) is 1. The number of benzene rings is 1. The van der Waals surface area contributed by atoms with Crippen molar-refractivity contribution < 1.29 is 19.0 Å². The second kappa shape index (κ2) is 12.6. The smallest absolute Gasteiger partial charge is 0.303 e. The number of aryl methyl sites for hydroxylation is 2. The zero-order valence-corrected chi connectivity index (χ0v) is 22.1. The Morgan fingerprint density at radius 1 is 1.25 bits per heavy atom. The quantitative estimate of drug-likeness (QED) is 0.269. The van der Waals surface area contributed by atoms with E-state index in [4.69, 9.17) is 4.74 Å². The molecule has 0 aliphatic carbocycles. The van der Waals surface area contributed by atoms with Crippen LogP contribution in [0.15, 0.2) is 42.6 Å². The Morgan fingerprint density at radius 2 is 2.11 bits per heavy atom. The predicted octanol–water partition coefficient (Wildman–Crippen LogP) is 6.84. The average molecular weight is 513 g/mol. The van der Waals surface area contributed by atoms with Crippen LogP contribution >= 0.6 is 11.3 Å². The summed E-state index contributed by atoms with van der Waals surface area (Å²) in [5.41, 5.74) is 1.38. The highest BCUT2D eigenvalue weighted by molar-refractivity contribution is 7.11. The molecule has 1 aromatic carbocycles. The number of alkyl halides is 1. The van der Waals surface area contributed by atoms with Crippen LogP contribution in [0.25, 0.3) is 10.9 Å². The third kappa shape index (κ3) is 7.04. The molecule has 0 amide bonds. The van der Waals surface area contributed by atoms with Crippen molar-refractivity contribution in [2.75, 3.05) is 26.7 Å². The van der Waals surface area contributed by atoms with Crippen LogP contribution in [0.5, 0.6) is 5.75 Å². The summed E-state index contributed by atoms with van der Waals surface area (Å²) in [6, 6.07) is 11.7. The normalized spacial score (nSPS) is 19.4. The zero-order valence-electron chi connectivity index (χ0n) is 21.3. The molecule has 1 fully saturated rings. The van der Waals surface area contributed by atoms with Gasteiger partial charge in [0.05, 0.1) is 12.6 Å². The van der Waals surface area contributed by atoms with E-state index in [0.29, 0.717) is 24.2 Å². The zero-order chi connectivity index (χ0) is 25.5. The molecule has 0 spiro atoms. The van der Waals surface area contributed by atoms with E-state index in [9.17, 15) is 9.90 Å². The molecule has 3 aromatic rings. The highest BCUT2D eigenvalue weighted by Gasteiger charge is 2.31. The van der Waals surface area contributed by atoms with Gasteiger partial charge >= 0.3 is 5.97 Å². The highest BCUT2D eigenvalue weighted by atomic mass is 32.1. The second-order valence-corrected chi connectivity index (χ2v) is 11.4. The van der Waals surface area contributed by atoms with Crippen molar-refractivity contribution in [2.24, 2.45) is 11.8 Å². The largest absolute Gasteiger partial charge is 0.497 e. The van der Waals surface area contributed by atoms with Gasteiger partial charge in [-0.15, -0.1) is 11.3 Å². The number of methoxy groups -OCH3 is 1. The molecule has 1 N–H and O–H groups in total. The number of pyridine rings is 1. The molecule has 3 heterocycles. The molecule has 4 rings (SSSR count). The number of fused-ring (bicyclic) bond motifs is 1. The Labute approximate surface area is 217 Å². The fourth-order valence-corrected chi connectivity index (χ4v) is 6.44. The summed E-state index contributed by atoms with van der Waals surface area (Å²) in [7, 11) is 1.60. The molecule has 36 heavy (non-hydrogen) atoms. The Kier molecular flexibility index (Phi) is 9.32. The predicted molar refractivity (Wildman–Crippen MR) is 144 cm³/mol. The lowest BCUT2D eigenvalue weighted by atomic mass is 9.79. The van der Waals surface area contributed by atoms with Crippen LogP contribution in [-0.4, -0.2) is 47.7 Å². The molecule has 0 unspecified atom stereocenters. The lowest BCUT2D eigenvalue weighted by Gasteiger charge is -2.38. The minimum absolute atomic E-state index is 0.0673. The minimum atomic E-state index is -1.12. The van der Waals surface area contributed by atoms with Gasteiger partial charge in [0.15, 0.2) is 0 Å². The van der Waals surface area contributed by atoms with Gasteiger partial charge in [0.1, 0.15) is 11.9 Å². The summed E-state index contributed by atoms with van der Waals surface area (Å²) in [6.07, 6.45) is 6.08. The van der Waals surface area contributed by atoms with Gasteiger partial charge in [-0.25, -0.2) is 4.39 Å². The number of aromatic nitrogens is 1. The SMILES string of the molecule is COc1ccc2nccc([C@H](F)CC[C@@H]3CCN(CCCCc4ccc(C)s4)C[C@@H]3CC(=O)O)c2c1. The van der Waals surface area contributed by atoms with Crippen molar-refractivity contribution in [3.8, 4) is 5.75 Å². The van der Waals surface area contributed by atoms with E-state index in [0.717, 1.165) is 56.2 Å². The standard InChI is InChI=1S/C29H37FN2O3S/c1-20-6-9-24(36-20)5-3-4-15-32-16-13-21(22(19-32)17-29(33)34)7-10-27(30)25-12-14-31-28-11-8-23(35-2)18-26(25)28/h6,8-9,11-12,14,18,21-22,27H,3-5,7,10,13,15-17,19H2,1-2H3,(H,33,34)/t21-,22+,27-/m1/s1. The van der Waals surface area contributed by atoms with Crippen molar-refractivity contribution >= 4 is 28.2 Å². The Bertz CT molecular complexity index is 1150. The Morgan fingerprint density at radius 3 is 2.86 bits per heavy atom. The van der Waals surface area contributed by atoms with Gasteiger partial charge in [-0.3, -0.25) is 9.78 Å². The lowest BCUT2D eigenvalue weighted by molar-refractivity contribution is -0.139. The van der Waals surface area contributed by atoms with Crippen molar-refractivity contribution in [3.63, 3.8) is 0 Å². The summed E-state index contributed by atoms with van der Waals surface area (Å²) in [6.45, 7) is 4.90. The highest BCUT2D eigenvalue weighted by Crippen LogP contribution is 2.36. The number of aliphatic carboxylic acids is 1. The third-order valence-electron chi connectivity index (χ3n) is 7.47. The summed E-state index contributed by atoms with van der Waals surface area (Å²) < 4.78 is 20.8. The van der Waals surface area contributed by atoms with Crippen molar-refractivity contribution in [1.29, 1.82) is 0 Å². The fourth-order valence-electron chi connectivity index (χ4n) is 5.51. The Balaban J connectivity index is 1.31. The van der Waals surface area contributed by atoms with Crippen LogP contribution in [-0.2, 0) is 11.2 Å². The number of halogens is 1. The van der Waals surface area contributed by atoms with Crippen LogP contribution in [0, 0.1) is 18.8 Å². The number of thiophene rings is 1. The maximum atomic E-state index is 15.5. The van der Waals surface area contributed by atoms with Crippen molar-refractivity contribution in [2.45, 2.75) is 58.0 Å². The van der Waals surface area contributed by atoms with Gasteiger partial charge < -0.3 is 14.7 Å². The number of likely N-dealkylation sites (tertiary alicyclic amines) is 1. The van der Waals surface area contributed by atoms with E-state index in [2.05, 4.69) is 28.9 Å². The number of unbranched alkanes of at least 4 members (excludes halogenated alkanes) is 1. The van der Waals surface area contributed by atoms with E-state index in [1.807, 2.05) is 29.5 Å². The first-order chi connectivity index (χ1) is 17.4. The molecule has 1 saturated heterocycles. The van der Waals surface area contributed by atoms with Crippen LogP contribution in [0.4, 0.5) is 4.39 Å². The van der Waals surface area contributed by atoms with Gasteiger partial charge in [0.2, 0.25) is 0 Å². The fraction of sp³-hybridized carbons (Fsp3) is 0.517. The average Bonchev–Trinajstić information content (AvgIpc) is 3.29. The number of nitrogens with zero attached hydrogens (tertiary/aromatic N) is 2. The number of hydrogen-bond acceptors (Lipinski definition) is 5. The van der Waals surface area contributed by atoms with Crippen LogP contribution in [0.3, 0.4) is 0 Å². The summed E-state index contributed by atoms with van der Waals surface area (Å²) in [4.78, 5) is 21.2. The maximum absolute atomic E-state index is 15.5. The molecule has 1 aliphatic heterocycles. The molecule has 1 aliphatic rings. The molecule has 194 valence electrons. The molecular weight excluding hydrogens is 475 g/mol. The number of carbonyl (C=O) groups is 1. The van der Waals surface area contributed by atoms with Gasteiger partial charge in [-0.2, -0.15) is 0 Å². The first kappa shape index (κ1) is 26.6. The maximum Gasteiger partial charge on any atom is 0.303 e. The number of carboxylic acids is 1. The number of rotatable bonds is 12. The monoisotopic (exact) mass is 512 g/mol. The summed E-state index contributed by atoms with van der Waals surface area (Å²) >= 11 is 1.87. The molecular formula is C29H37FN2O3S. The van der Waals surface area contributed by atoms with E-state index < -0.39 is 12.1 Å². The van der Waals surface area contributed by atoms with Crippen molar-refractivity contribution in [1.82, 2.24) is 9.88 Å². The van der Waals surface area contributed by atoms with Crippen LogP contribution in [0.2, 0.25) is 0 Å². The summed E-state index contributed by atoms with van der Waals surface area (Å²) in [5, 5.41) is 10.3. The van der Waals surface area contributed by atoms with Gasteiger partial charge in [-0.1, -0.05) is 0 Å². The molecule has 2 aromatic heterocycles. The van der Waals surface area contributed by atoms with E-state index in [1.165, 1.54) is 9.75 Å². The van der Waals surface area contributed by atoms with E-state index in [1.54, 1.807) is 19.4 Å². The number of ether oxygens (including phenoxy) is 1. The molecule has 7 heteroatoms. The van der Waals surface area contributed by atoms with Gasteiger partial charge in [0, 0.05) is 34.3 Å². The second-order valence-electron chi connectivity index (χ2n) is 10.0. The minimum Gasteiger partial charge on any atom is -0.497 e. The first-order valence-corrected chi connectivity index (χ1v) is 13.8. The first-order valence-electron chi connectivity index (χ1n) is 13.0. The molecule has 3 atom stereocenters. The van der Waals surface area contributed by atoms with Crippen LogP contribution < -0.4 is 4.74 Å². The lowest BCUT2D eigenvalue weighted by Crippen LogP contribution is -2.41. The van der Waals surface area contributed by atoms with Crippen LogP contribution in [0.1, 0.15) is 60.0 Å². The van der Waals surface area contributed by atoms with Gasteiger partial charge in [0.25, 0.3) is 0 Å². The molecule has 5 nitrogen and oxygen atoms in total. The molecule has 0 bridgehead atoms. The topological polar surface area (TPSA) is 62.7 Å². The van der Waals surface area contributed by atoms with Gasteiger partial charge in [-0.05, 0) is 112 Å². The molecule has 0 saturated carbocycles. The van der Waals surface area contributed by atoms with E-state index >= 15 is 4.39 Å². The Hall–Kier alpha value is -2.51. The van der Waals surface area contributed by atoms with Crippen molar-refractivity contribution in [3.05, 3.63) is 57.9 Å².